The zero-order valence-corrected chi connectivity index (χ0v) is 11.2. The van der Waals surface area contributed by atoms with Crippen LogP contribution in [0.4, 0.5) is 11.6 Å². The minimum absolute atomic E-state index is 0.593. The van der Waals surface area contributed by atoms with Gasteiger partial charge in [-0.15, -0.1) is 0 Å². The largest absolute Gasteiger partial charge is 0.370 e. The summed E-state index contributed by atoms with van der Waals surface area (Å²) in [5.41, 5.74) is 5.54. The van der Waals surface area contributed by atoms with Gasteiger partial charge in [0.05, 0.1) is 0 Å². The van der Waals surface area contributed by atoms with Gasteiger partial charge >= 0.3 is 0 Å². The Morgan fingerprint density at radius 3 is 2.71 bits per heavy atom. The molecule has 17 heavy (non-hydrogen) atoms. The first kappa shape index (κ1) is 13.7. The van der Waals surface area contributed by atoms with Crippen molar-refractivity contribution in [2.75, 3.05) is 36.9 Å². The van der Waals surface area contributed by atoms with E-state index in [9.17, 15) is 0 Å². The van der Waals surface area contributed by atoms with Crippen molar-refractivity contribution in [1.82, 2.24) is 9.97 Å². The van der Waals surface area contributed by atoms with Crippen molar-refractivity contribution in [3.05, 3.63) is 11.9 Å². The van der Waals surface area contributed by atoms with Crippen LogP contribution in [-0.2, 0) is 0 Å². The lowest BCUT2D eigenvalue weighted by Gasteiger charge is -2.18. The zero-order valence-electron chi connectivity index (χ0n) is 11.2. The number of nitrogens with zero attached hydrogens (tertiary/aromatic N) is 3. The number of hydrogen-bond acceptors (Lipinski definition) is 5. The molecule has 0 radical (unpaired) electrons. The smallest absolute Gasteiger partial charge is 0.134 e. The summed E-state index contributed by atoms with van der Waals surface area (Å²) in [7, 11) is 1.99. The maximum absolute atomic E-state index is 5.54. The number of rotatable bonds is 6. The number of aromatic nitrogens is 2. The van der Waals surface area contributed by atoms with Crippen LogP contribution in [-0.4, -0.2) is 36.6 Å². The third-order valence-electron chi connectivity index (χ3n) is 2.37. The lowest BCUT2D eigenvalue weighted by atomic mass is 10.2. The lowest BCUT2D eigenvalue weighted by molar-refractivity contribution is 0.686. The molecule has 96 valence electrons. The van der Waals surface area contributed by atoms with Crippen LogP contribution in [0.2, 0.25) is 0 Å². The molecule has 3 N–H and O–H groups in total. The van der Waals surface area contributed by atoms with Gasteiger partial charge in [0.15, 0.2) is 0 Å². The summed E-state index contributed by atoms with van der Waals surface area (Å²) < 4.78 is 0. The van der Waals surface area contributed by atoms with Gasteiger partial charge in [-0.3, -0.25) is 0 Å². The summed E-state index contributed by atoms with van der Waals surface area (Å²) in [5, 5.41) is 3.31. The van der Waals surface area contributed by atoms with Gasteiger partial charge in [0.25, 0.3) is 0 Å². The van der Waals surface area contributed by atoms with Crippen LogP contribution in [0.1, 0.15) is 19.7 Å². The lowest BCUT2D eigenvalue weighted by Crippen LogP contribution is -2.26. The molecular weight excluding hydrogens is 214 g/mol. The fourth-order valence-corrected chi connectivity index (χ4v) is 1.45. The van der Waals surface area contributed by atoms with Crippen LogP contribution in [0, 0.1) is 12.8 Å². The van der Waals surface area contributed by atoms with Crippen LogP contribution < -0.4 is 16.0 Å². The topological polar surface area (TPSA) is 67.1 Å². The van der Waals surface area contributed by atoms with Crippen molar-refractivity contribution in [3.63, 3.8) is 0 Å². The Balaban J connectivity index is 2.78. The molecule has 0 unspecified atom stereocenters. The number of likely N-dealkylation sites (N-methyl/N-ethyl adjacent to an activating group) is 1. The van der Waals surface area contributed by atoms with E-state index in [0.29, 0.717) is 12.5 Å². The molecule has 5 nitrogen and oxygen atoms in total. The molecule has 0 bridgehead atoms. The van der Waals surface area contributed by atoms with E-state index in [0.717, 1.165) is 30.5 Å². The van der Waals surface area contributed by atoms with Gasteiger partial charge in [0.1, 0.15) is 17.5 Å². The second-order valence-corrected chi connectivity index (χ2v) is 4.64. The Morgan fingerprint density at radius 1 is 1.41 bits per heavy atom. The minimum atomic E-state index is 0.593. The molecular formula is C12H23N5. The van der Waals surface area contributed by atoms with Crippen LogP contribution in [0.3, 0.4) is 0 Å². The number of nitrogens with two attached hydrogens (primary N) is 1. The van der Waals surface area contributed by atoms with Crippen molar-refractivity contribution in [2.45, 2.75) is 20.8 Å². The quantitative estimate of drug-likeness (QED) is 0.779. The predicted molar refractivity (Wildman–Crippen MR) is 72.4 cm³/mol. The van der Waals surface area contributed by atoms with Crippen molar-refractivity contribution in [3.8, 4) is 0 Å². The molecule has 0 spiro atoms. The molecule has 0 atom stereocenters. The predicted octanol–water partition coefficient (Wildman–Crippen LogP) is 1.25. The van der Waals surface area contributed by atoms with Crippen LogP contribution in [0.25, 0.3) is 0 Å². The molecule has 0 saturated carbocycles. The van der Waals surface area contributed by atoms with E-state index < -0.39 is 0 Å². The number of aryl methyl sites for hydroxylation is 1. The molecule has 0 amide bonds. The molecule has 1 rings (SSSR count). The first-order chi connectivity index (χ1) is 8.02. The highest BCUT2D eigenvalue weighted by molar-refractivity contribution is 5.48. The average Bonchev–Trinajstić information content (AvgIpc) is 2.26. The average molecular weight is 237 g/mol. The molecule has 0 saturated heterocycles. The van der Waals surface area contributed by atoms with Gasteiger partial charge in [-0.2, -0.15) is 0 Å². The van der Waals surface area contributed by atoms with E-state index in [1.54, 1.807) is 0 Å². The van der Waals surface area contributed by atoms with Crippen molar-refractivity contribution >= 4 is 11.6 Å². The minimum Gasteiger partial charge on any atom is -0.370 e. The number of nitrogens with one attached hydrogen (secondary N) is 1. The normalized spacial score (nSPS) is 10.7. The van der Waals surface area contributed by atoms with E-state index in [1.165, 1.54) is 0 Å². The monoisotopic (exact) mass is 237 g/mol. The molecule has 1 heterocycles. The van der Waals surface area contributed by atoms with Crippen LogP contribution in [0.15, 0.2) is 6.07 Å². The zero-order chi connectivity index (χ0) is 12.8. The van der Waals surface area contributed by atoms with Gasteiger partial charge in [-0.05, 0) is 12.8 Å². The number of hydrogen-bond donors (Lipinski definition) is 2. The Kier molecular flexibility index (Phi) is 5.15. The highest BCUT2D eigenvalue weighted by atomic mass is 15.2. The molecule has 1 aromatic rings. The summed E-state index contributed by atoms with van der Waals surface area (Å²) in [6, 6.07) is 1.96. The van der Waals surface area contributed by atoms with Crippen molar-refractivity contribution in [2.24, 2.45) is 11.7 Å². The van der Waals surface area contributed by atoms with Crippen molar-refractivity contribution < 1.29 is 0 Å². The molecule has 0 aliphatic heterocycles. The van der Waals surface area contributed by atoms with E-state index in [4.69, 9.17) is 5.73 Å². The highest BCUT2D eigenvalue weighted by Crippen LogP contribution is 2.14. The number of anilines is 2. The molecule has 5 heteroatoms. The third-order valence-corrected chi connectivity index (χ3v) is 2.37. The second kappa shape index (κ2) is 6.39. The maximum atomic E-state index is 5.54. The summed E-state index contributed by atoms with van der Waals surface area (Å²) >= 11 is 0. The van der Waals surface area contributed by atoms with Crippen LogP contribution >= 0.6 is 0 Å². The Morgan fingerprint density at radius 2 is 2.12 bits per heavy atom. The third kappa shape index (κ3) is 4.56. The van der Waals surface area contributed by atoms with Gasteiger partial charge in [-0.25, -0.2) is 9.97 Å². The highest BCUT2D eigenvalue weighted by Gasteiger charge is 2.06. The molecule has 1 aromatic heterocycles. The fraction of sp³-hybridized carbons (Fsp3) is 0.667. The Hall–Kier alpha value is -1.36. The maximum Gasteiger partial charge on any atom is 0.134 e. The van der Waals surface area contributed by atoms with E-state index >= 15 is 0 Å². The van der Waals surface area contributed by atoms with Gasteiger partial charge in [-0.1, -0.05) is 13.8 Å². The molecule has 0 fully saturated rings. The summed E-state index contributed by atoms with van der Waals surface area (Å²) in [6.45, 7) is 8.57. The summed E-state index contributed by atoms with van der Waals surface area (Å²) in [4.78, 5) is 10.8. The molecule has 0 aliphatic carbocycles. The van der Waals surface area contributed by atoms with Gasteiger partial charge in [0.2, 0.25) is 0 Å². The Labute approximate surface area is 103 Å². The van der Waals surface area contributed by atoms with Gasteiger partial charge < -0.3 is 16.0 Å². The molecule has 0 aliphatic rings. The van der Waals surface area contributed by atoms with Gasteiger partial charge in [0, 0.05) is 32.7 Å². The van der Waals surface area contributed by atoms with E-state index in [1.807, 2.05) is 24.9 Å². The standard InChI is InChI=1S/C12H23N5/c1-9(2)8-14-11-7-12(16-10(3)15-11)17(4)6-5-13/h7,9H,5-6,8,13H2,1-4H3,(H,14,15,16). The first-order valence-electron chi connectivity index (χ1n) is 6.03. The van der Waals surface area contributed by atoms with E-state index in [2.05, 4.69) is 29.1 Å². The summed E-state index contributed by atoms with van der Waals surface area (Å²) in [6.07, 6.45) is 0. The second-order valence-electron chi connectivity index (χ2n) is 4.64. The van der Waals surface area contributed by atoms with Crippen LogP contribution in [0.5, 0.6) is 0 Å². The van der Waals surface area contributed by atoms with E-state index in [-0.39, 0.29) is 0 Å². The summed E-state index contributed by atoms with van der Waals surface area (Å²) in [5.74, 6) is 3.16. The first-order valence-corrected chi connectivity index (χ1v) is 6.03. The Bertz CT molecular complexity index is 351. The molecule has 0 aromatic carbocycles. The fourth-order valence-electron chi connectivity index (χ4n) is 1.45. The van der Waals surface area contributed by atoms with Crippen molar-refractivity contribution in [1.29, 1.82) is 0 Å². The SMILES string of the molecule is Cc1nc(NCC(C)C)cc(N(C)CCN)n1.